The van der Waals surface area contributed by atoms with Gasteiger partial charge in [0, 0.05) is 13.6 Å². The fraction of sp³-hybridized carbons (Fsp3) is 0.833. The first-order valence-corrected chi connectivity index (χ1v) is 2.97. The number of hydrogen-bond acceptors (Lipinski definition) is 2. The minimum absolute atomic E-state index is 0.212. The Morgan fingerprint density at radius 1 is 1.50 bits per heavy atom. The van der Waals surface area contributed by atoms with Gasteiger partial charge in [-0.1, -0.05) is 6.92 Å². The molecule has 0 unspecified atom stereocenters. The predicted octanol–water partition coefficient (Wildman–Crippen LogP) is 0.482. The van der Waals surface area contributed by atoms with E-state index in [9.17, 15) is 0 Å². The Bertz CT molecular complexity index is 41.8. The second kappa shape index (κ2) is 5.06. The van der Waals surface area contributed by atoms with Crippen LogP contribution < -0.4 is 0 Å². The molecule has 1 N–H and O–H groups in total. The van der Waals surface area contributed by atoms with E-state index in [-0.39, 0.29) is 6.61 Å². The molecule has 0 atom stereocenters. The first-order chi connectivity index (χ1) is 3.81. The molecule has 0 fully saturated rings. The summed E-state index contributed by atoms with van der Waals surface area (Å²) in [6.45, 7) is 3.97. The zero-order valence-electron chi connectivity index (χ0n) is 5.43. The second-order valence-corrected chi connectivity index (χ2v) is 1.84. The van der Waals surface area contributed by atoms with Crippen molar-refractivity contribution in [2.45, 2.75) is 13.3 Å². The maximum absolute atomic E-state index is 8.38. The van der Waals surface area contributed by atoms with E-state index in [2.05, 4.69) is 14.0 Å². The van der Waals surface area contributed by atoms with Gasteiger partial charge in [0.15, 0.2) is 0 Å². The summed E-state index contributed by atoms with van der Waals surface area (Å²) in [5.74, 6) is 0. The van der Waals surface area contributed by atoms with Gasteiger partial charge in [0.05, 0.1) is 6.61 Å². The van der Waals surface area contributed by atoms with Gasteiger partial charge in [-0.2, -0.15) is 0 Å². The monoisotopic (exact) mass is 116 g/mol. The average molecular weight is 116 g/mol. The zero-order valence-corrected chi connectivity index (χ0v) is 5.43. The predicted molar refractivity (Wildman–Crippen MR) is 34.3 cm³/mol. The average Bonchev–Trinajstić information content (AvgIpc) is 1.68. The van der Waals surface area contributed by atoms with E-state index in [0.717, 1.165) is 13.0 Å². The van der Waals surface area contributed by atoms with Crippen LogP contribution >= 0.6 is 0 Å². The lowest BCUT2D eigenvalue weighted by Crippen LogP contribution is -2.20. The van der Waals surface area contributed by atoms with Gasteiger partial charge in [-0.3, -0.25) is 4.90 Å². The maximum Gasteiger partial charge on any atom is 0.0558 e. The fourth-order valence-electron chi connectivity index (χ4n) is 0.569. The van der Waals surface area contributed by atoms with Crippen LogP contribution in [0.5, 0.6) is 0 Å². The summed E-state index contributed by atoms with van der Waals surface area (Å²) in [4.78, 5) is 1.86. The molecule has 8 heavy (non-hydrogen) atoms. The normalized spacial score (nSPS) is 10.5. The van der Waals surface area contributed by atoms with Gasteiger partial charge in [0.25, 0.3) is 0 Å². The molecule has 2 nitrogen and oxygen atoms in total. The molecular formula is C6H14NO. The third-order valence-corrected chi connectivity index (χ3v) is 0.956. The van der Waals surface area contributed by atoms with Crippen LogP contribution in [0.3, 0.4) is 0 Å². The lowest BCUT2D eigenvalue weighted by molar-refractivity contribution is 0.235. The Morgan fingerprint density at radius 3 is 2.50 bits per heavy atom. The van der Waals surface area contributed by atoms with Crippen molar-refractivity contribution in [2.75, 3.05) is 19.7 Å². The molecule has 0 aromatic rings. The zero-order chi connectivity index (χ0) is 6.41. The largest absolute Gasteiger partial charge is 0.395 e. The van der Waals surface area contributed by atoms with Crippen molar-refractivity contribution in [3.05, 3.63) is 7.05 Å². The van der Waals surface area contributed by atoms with Crippen LogP contribution in [0, 0.1) is 7.05 Å². The topological polar surface area (TPSA) is 23.5 Å². The standard InChI is InChI=1S/C6H14NO/c1-3-4-7(2)5-6-8/h8H,2-6H2,1H3. The molecule has 0 aromatic heterocycles. The van der Waals surface area contributed by atoms with E-state index in [1.54, 1.807) is 0 Å². The molecule has 0 aliphatic carbocycles. The summed E-state index contributed by atoms with van der Waals surface area (Å²) in [6.07, 6.45) is 1.10. The van der Waals surface area contributed by atoms with Crippen molar-refractivity contribution in [1.29, 1.82) is 0 Å². The molecule has 0 amide bonds. The highest BCUT2D eigenvalue weighted by Crippen LogP contribution is 1.84. The van der Waals surface area contributed by atoms with Gasteiger partial charge in [-0.05, 0) is 13.0 Å². The summed E-state index contributed by atoms with van der Waals surface area (Å²) in [7, 11) is 3.69. The van der Waals surface area contributed by atoms with Gasteiger partial charge in [0.1, 0.15) is 0 Å². The third kappa shape index (κ3) is 4.09. The highest BCUT2D eigenvalue weighted by molar-refractivity contribution is 4.50. The van der Waals surface area contributed by atoms with E-state index in [1.807, 2.05) is 4.90 Å². The molecule has 1 radical (unpaired) electrons. The van der Waals surface area contributed by atoms with Crippen LogP contribution in [0.2, 0.25) is 0 Å². The van der Waals surface area contributed by atoms with Gasteiger partial charge in [-0.25, -0.2) is 0 Å². The Kier molecular flexibility index (Phi) is 5.01. The molecule has 0 spiro atoms. The van der Waals surface area contributed by atoms with Crippen LogP contribution in [-0.4, -0.2) is 29.7 Å². The Hall–Kier alpha value is -0.0800. The number of aliphatic hydroxyl groups is 1. The quantitative estimate of drug-likeness (QED) is 0.577. The molecule has 0 bridgehead atoms. The summed E-state index contributed by atoms with van der Waals surface area (Å²) in [5, 5.41) is 8.38. The van der Waals surface area contributed by atoms with Crippen LogP contribution in [-0.2, 0) is 0 Å². The number of aliphatic hydroxyl groups excluding tert-OH is 1. The highest BCUT2D eigenvalue weighted by Gasteiger charge is 1.91. The Morgan fingerprint density at radius 2 is 2.12 bits per heavy atom. The molecule has 0 heterocycles. The van der Waals surface area contributed by atoms with Crippen LogP contribution in [0.15, 0.2) is 0 Å². The minimum Gasteiger partial charge on any atom is -0.395 e. The van der Waals surface area contributed by atoms with Crippen LogP contribution in [0.25, 0.3) is 0 Å². The molecule has 2 heteroatoms. The molecule has 0 aliphatic heterocycles. The van der Waals surface area contributed by atoms with E-state index in [0.29, 0.717) is 6.54 Å². The number of hydrogen-bond donors (Lipinski definition) is 1. The fourth-order valence-corrected chi connectivity index (χ4v) is 0.569. The van der Waals surface area contributed by atoms with Crippen molar-refractivity contribution >= 4 is 0 Å². The first kappa shape index (κ1) is 7.92. The lowest BCUT2D eigenvalue weighted by atomic mass is 10.4. The molecule has 0 aromatic carbocycles. The van der Waals surface area contributed by atoms with Gasteiger partial charge in [-0.15, -0.1) is 0 Å². The van der Waals surface area contributed by atoms with E-state index >= 15 is 0 Å². The SMILES string of the molecule is [CH2]N(CCC)CCO. The smallest absolute Gasteiger partial charge is 0.0558 e. The van der Waals surface area contributed by atoms with E-state index in [4.69, 9.17) is 5.11 Å². The molecule has 0 aliphatic rings. The lowest BCUT2D eigenvalue weighted by Gasteiger charge is -2.11. The van der Waals surface area contributed by atoms with Gasteiger partial charge in [0.2, 0.25) is 0 Å². The molecular weight excluding hydrogens is 102 g/mol. The van der Waals surface area contributed by atoms with Crippen molar-refractivity contribution in [3.63, 3.8) is 0 Å². The highest BCUT2D eigenvalue weighted by atomic mass is 16.3. The number of nitrogens with zero attached hydrogens (tertiary/aromatic N) is 1. The number of rotatable bonds is 4. The minimum atomic E-state index is 0.212. The maximum atomic E-state index is 8.38. The van der Waals surface area contributed by atoms with Crippen LogP contribution in [0.1, 0.15) is 13.3 Å². The van der Waals surface area contributed by atoms with Crippen molar-refractivity contribution in [3.8, 4) is 0 Å². The third-order valence-electron chi connectivity index (χ3n) is 0.956. The van der Waals surface area contributed by atoms with Crippen molar-refractivity contribution in [1.82, 2.24) is 4.90 Å². The van der Waals surface area contributed by atoms with E-state index in [1.165, 1.54) is 0 Å². The van der Waals surface area contributed by atoms with Gasteiger partial charge >= 0.3 is 0 Å². The van der Waals surface area contributed by atoms with Crippen LogP contribution in [0.4, 0.5) is 0 Å². The van der Waals surface area contributed by atoms with Crippen molar-refractivity contribution < 1.29 is 5.11 Å². The van der Waals surface area contributed by atoms with E-state index < -0.39 is 0 Å². The van der Waals surface area contributed by atoms with Crippen molar-refractivity contribution in [2.24, 2.45) is 0 Å². The summed E-state index contributed by atoms with van der Waals surface area (Å²) in [6, 6.07) is 0. The molecule has 0 rings (SSSR count). The molecule has 0 saturated carbocycles. The summed E-state index contributed by atoms with van der Waals surface area (Å²) in [5.41, 5.74) is 0. The Balaban J connectivity index is 2.92. The van der Waals surface area contributed by atoms with Gasteiger partial charge < -0.3 is 5.11 Å². The Labute approximate surface area is 51.1 Å². The summed E-state index contributed by atoms with van der Waals surface area (Å²) >= 11 is 0. The molecule has 0 saturated heterocycles. The first-order valence-electron chi connectivity index (χ1n) is 2.97. The molecule has 49 valence electrons. The summed E-state index contributed by atoms with van der Waals surface area (Å²) < 4.78 is 0. The second-order valence-electron chi connectivity index (χ2n) is 1.84.